The fourth-order valence-corrected chi connectivity index (χ4v) is 3.18. The Morgan fingerprint density at radius 3 is 2.52 bits per heavy atom. The number of benzene rings is 1. The second-order valence-electron chi connectivity index (χ2n) is 6.66. The van der Waals surface area contributed by atoms with Gasteiger partial charge in [0.2, 0.25) is 0 Å². The third-order valence-electron chi connectivity index (χ3n) is 4.78. The Kier molecular flexibility index (Phi) is 4.91. The van der Waals surface area contributed by atoms with E-state index >= 15 is 0 Å². The fraction of sp³-hybridized carbons (Fsp3) is 0.667. The molecule has 2 saturated carbocycles. The lowest BCUT2D eigenvalue weighted by Gasteiger charge is -2.33. The van der Waals surface area contributed by atoms with Crippen LogP contribution < -0.4 is 5.32 Å². The zero-order valence-corrected chi connectivity index (χ0v) is 12.9. The molecule has 1 aromatic carbocycles. The monoisotopic (exact) mass is 291 g/mol. The van der Waals surface area contributed by atoms with E-state index in [2.05, 4.69) is 12.2 Å². The summed E-state index contributed by atoms with van der Waals surface area (Å²) >= 11 is 0. The van der Waals surface area contributed by atoms with Crippen LogP contribution in [0.5, 0.6) is 0 Å². The Morgan fingerprint density at radius 2 is 1.86 bits per heavy atom. The number of hydrogen-bond acceptors (Lipinski definition) is 2. The molecule has 0 aromatic heterocycles. The van der Waals surface area contributed by atoms with Crippen LogP contribution in [-0.4, -0.2) is 18.7 Å². The first-order valence-electron chi connectivity index (χ1n) is 8.36. The van der Waals surface area contributed by atoms with Crippen molar-refractivity contribution in [2.45, 2.75) is 63.7 Å². The van der Waals surface area contributed by atoms with Crippen molar-refractivity contribution < 1.29 is 9.13 Å². The average molecular weight is 291 g/mol. The Labute approximate surface area is 127 Å². The molecule has 2 nitrogen and oxygen atoms in total. The molecule has 3 heteroatoms. The molecule has 2 fully saturated rings. The maximum atomic E-state index is 13.1. The summed E-state index contributed by atoms with van der Waals surface area (Å²) in [4.78, 5) is 0. The quantitative estimate of drug-likeness (QED) is 0.847. The molecule has 0 aliphatic heterocycles. The SMILES string of the molecule is CC1CCCCC1OC(CNC1CC1)c1ccc(F)cc1. The molecule has 0 bridgehead atoms. The van der Waals surface area contributed by atoms with Crippen molar-refractivity contribution in [2.24, 2.45) is 5.92 Å². The maximum absolute atomic E-state index is 13.1. The highest BCUT2D eigenvalue weighted by Gasteiger charge is 2.28. The van der Waals surface area contributed by atoms with Crippen LogP contribution in [0.1, 0.15) is 57.1 Å². The van der Waals surface area contributed by atoms with Gasteiger partial charge in [-0.25, -0.2) is 4.39 Å². The van der Waals surface area contributed by atoms with E-state index in [9.17, 15) is 4.39 Å². The van der Waals surface area contributed by atoms with E-state index in [0.29, 0.717) is 18.1 Å². The summed E-state index contributed by atoms with van der Waals surface area (Å²) in [5.41, 5.74) is 1.09. The van der Waals surface area contributed by atoms with Crippen LogP contribution >= 0.6 is 0 Å². The van der Waals surface area contributed by atoms with Crippen molar-refractivity contribution in [3.8, 4) is 0 Å². The minimum absolute atomic E-state index is 0.0387. The average Bonchev–Trinajstić information content (AvgIpc) is 3.31. The Bertz CT molecular complexity index is 443. The highest BCUT2D eigenvalue weighted by molar-refractivity contribution is 5.19. The molecule has 1 N–H and O–H groups in total. The van der Waals surface area contributed by atoms with E-state index in [0.717, 1.165) is 18.5 Å². The van der Waals surface area contributed by atoms with E-state index in [4.69, 9.17) is 4.74 Å². The molecule has 2 aliphatic rings. The second-order valence-corrected chi connectivity index (χ2v) is 6.66. The van der Waals surface area contributed by atoms with Crippen molar-refractivity contribution in [3.05, 3.63) is 35.6 Å². The number of rotatable bonds is 6. The molecular formula is C18H26FNO. The summed E-state index contributed by atoms with van der Waals surface area (Å²) in [5, 5.41) is 3.56. The van der Waals surface area contributed by atoms with Crippen LogP contribution in [0.4, 0.5) is 4.39 Å². The maximum Gasteiger partial charge on any atom is 0.123 e. The molecule has 2 aliphatic carbocycles. The minimum atomic E-state index is -0.182. The molecule has 3 atom stereocenters. The second kappa shape index (κ2) is 6.89. The van der Waals surface area contributed by atoms with Gasteiger partial charge < -0.3 is 10.1 Å². The standard InChI is InChI=1S/C18H26FNO/c1-13-4-2-3-5-17(13)21-18(12-20-16-10-11-16)14-6-8-15(19)9-7-14/h6-9,13,16-18,20H,2-5,10-12H2,1H3. The first-order valence-corrected chi connectivity index (χ1v) is 8.36. The molecule has 3 rings (SSSR count). The molecule has 116 valence electrons. The van der Waals surface area contributed by atoms with E-state index in [-0.39, 0.29) is 11.9 Å². The third kappa shape index (κ3) is 4.27. The Hall–Kier alpha value is -0.930. The van der Waals surface area contributed by atoms with Gasteiger partial charge in [0.05, 0.1) is 12.2 Å². The topological polar surface area (TPSA) is 21.3 Å². The van der Waals surface area contributed by atoms with Crippen molar-refractivity contribution in [1.29, 1.82) is 0 Å². The zero-order chi connectivity index (χ0) is 14.7. The van der Waals surface area contributed by atoms with E-state index < -0.39 is 0 Å². The first-order chi connectivity index (χ1) is 10.2. The van der Waals surface area contributed by atoms with Crippen molar-refractivity contribution >= 4 is 0 Å². The predicted octanol–water partition coefficient (Wildman–Crippen LogP) is 4.21. The highest BCUT2D eigenvalue weighted by atomic mass is 19.1. The lowest BCUT2D eigenvalue weighted by atomic mass is 9.87. The molecule has 21 heavy (non-hydrogen) atoms. The number of nitrogens with one attached hydrogen (secondary N) is 1. The molecule has 1 aromatic rings. The van der Waals surface area contributed by atoms with E-state index in [1.165, 1.54) is 44.2 Å². The summed E-state index contributed by atoms with van der Waals surface area (Å²) in [7, 11) is 0. The lowest BCUT2D eigenvalue weighted by Crippen LogP contribution is -2.32. The highest BCUT2D eigenvalue weighted by Crippen LogP contribution is 2.31. The van der Waals surface area contributed by atoms with Crippen LogP contribution in [0.15, 0.2) is 24.3 Å². The summed E-state index contributed by atoms with van der Waals surface area (Å²) in [6.45, 7) is 3.12. The lowest BCUT2D eigenvalue weighted by molar-refractivity contribution is -0.0565. The van der Waals surface area contributed by atoms with Gasteiger partial charge in [0, 0.05) is 12.6 Å². The molecule has 0 spiro atoms. The molecule has 0 amide bonds. The van der Waals surface area contributed by atoms with Crippen LogP contribution in [0.25, 0.3) is 0 Å². The minimum Gasteiger partial charge on any atom is -0.369 e. The van der Waals surface area contributed by atoms with Gasteiger partial charge >= 0.3 is 0 Å². The van der Waals surface area contributed by atoms with Gasteiger partial charge in [-0.2, -0.15) is 0 Å². The summed E-state index contributed by atoms with van der Waals surface area (Å²) < 4.78 is 19.6. The van der Waals surface area contributed by atoms with Crippen LogP contribution in [0.3, 0.4) is 0 Å². The normalized spacial score (nSPS) is 27.5. The van der Waals surface area contributed by atoms with Crippen LogP contribution in [0, 0.1) is 11.7 Å². The first kappa shape index (κ1) is 15.0. The van der Waals surface area contributed by atoms with Crippen molar-refractivity contribution in [3.63, 3.8) is 0 Å². The Morgan fingerprint density at radius 1 is 1.14 bits per heavy atom. The number of hydrogen-bond donors (Lipinski definition) is 1. The third-order valence-corrected chi connectivity index (χ3v) is 4.78. The van der Waals surface area contributed by atoms with Gasteiger partial charge in [-0.15, -0.1) is 0 Å². The van der Waals surface area contributed by atoms with Gasteiger partial charge in [-0.05, 0) is 49.3 Å². The Balaban J connectivity index is 1.66. The summed E-state index contributed by atoms with van der Waals surface area (Å²) in [5.74, 6) is 0.446. The number of ether oxygens (including phenoxy) is 1. The van der Waals surface area contributed by atoms with Crippen molar-refractivity contribution in [2.75, 3.05) is 6.54 Å². The van der Waals surface area contributed by atoms with Gasteiger partial charge in [-0.3, -0.25) is 0 Å². The van der Waals surface area contributed by atoms with Crippen molar-refractivity contribution in [1.82, 2.24) is 5.32 Å². The molecule has 3 unspecified atom stereocenters. The molecule has 0 heterocycles. The van der Waals surface area contributed by atoms with Crippen LogP contribution in [-0.2, 0) is 4.74 Å². The summed E-state index contributed by atoms with van der Waals surface area (Å²) in [6, 6.07) is 7.46. The predicted molar refractivity (Wildman–Crippen MR) is 82.7 cm³/mol. The van der Waals surface area contributed by atoms with Gasteiger partial charge in [0.15, 0.2) is 0 Å². The molecule has 0 radical (unpaired) electrons. The fourth-order valence-electron chi connectivity index (χ4n) is 3.18. The zero-order valence-electron chi connectivity index (χ0n) is 12.9. The van der Waals surface area contributed by atoms with Gasteiger partial charge in [0.25, 0.3) is 0 Å². The molecular weight excluding hydrogens is 265 g/mol. The molecule has 0 saturated heterocycles. The van der Waals surface area contributed by atoms with Gasteiger partial charge in [-0.1, -0.05) is 31.9 Å². The number of halogens is 1. The smallest absolute Gasteiger partial charge is 0.123 e. The largest absolute Gasteiger partial charge is 0.369 e. The van der Waals surface area contributed by atoms with E-state index in [1.807, 2.05) is 12.1 Å². The van der Waals surface area contributed by atoms with Gasteiger partial charge in [0.1, 0.15) is 5.82 Å². The van der Waals surface area contributed by atoms with Crippen LogP contribution in [0.2, 0.25) is 0 Å². The summed E-state index contributed by atoms with van der Waals surface area (Å²) in [6.07, 6.45) is 7.93. The van der Waals surface area contributed by atoms with E-state index in [1.54, 1.807) is 0 Å².